The van der Waals surface area contributed by atoms with Crippen molar-refractivity contribution in [3.8, 4) is 0 Å². The molecule has 0 heterocycles. The molecule has 3 rings (SSSR count). The maximum atomic E-state index is 14.5. The highest BCUT2D eigenvalue weighted by molar-refractivity contribution is 6.17. The van der Waals surface area contributed by atoms with Crippen LogP contribution in [0.4, 0.5) is 4.39 Å². The third-order valence-corrected chi connectivity index (χ3v) is 3.56. The summed E-state index contributed by atoms with van der Waals surface area (Å²) in [5.74, 6) is -1.09. The van der Waals surface area contributed by atoms with Gasteiger partial charge in [-0.3, -0.25) is 4.79 Å². The Labute approximate surface area is 116 Å². The second-order valence-electron chi connectivity index (χ2n) is 4.91. The number of hydrogen-bond donors (Lipinski definition) is 1. The van der Waals surface area contributed by atoms with Gasteiger partial charge in [0.2, 0.25) is 0 Å². The lowest BCUT2D eigenvalue weighted by atomic mass is 10.0. The fourth-order valence-electron chi connectivity index (χ4n) is 2.44. The van der Waals surface area contributed by atoms with E-state index in [9.17, 15) is 14.3 Å². The van der Waals surface area contributed by atoms with Gasteiger partial charge in [-0.15, -0.1) is 0 Å². The number of carbonyl (C=O) groups excluding carboxylic acids is 1. The van der Waals surface area contributed by atoms with Gasteiger partial charge in [-0.05, 0) is 12.5 Å². The largest absolute Gasteiger partial charge is 0.383 e. The zero-order valence-electron chi connectivity index (χ0n) is 10.9. The molecule has 3 heteroatoms. The molecule has 2 nitrogen and oxygen atoms in total. The Hall–Kier alpha value is -2.26. The molecule has 1 N–H and O–H groups in total. The first kappa shape index (κ1) is 12.8. The summed E-state index contributed by atoms with van der Waals surface area (Å²) in [5.41, 5.74) is 1.99. The molecule has 1 aliphatic rings. The first-order valence-electron chi connectivity index (χ1n) is 6.38. The van der Waals surface area contributed by atoms with Crippen molar-refractivity contribution in [2.75, 3.05) is 0 Å². The second kappa shape index (κ2) is 4.69. The maximum Gasteiger partial charge on any atom is 0.195 e. The number of rotatable bonds is 1. The van der Waals surface area contributed by atoms with Crippen LogP contribution in [-0.2, 0) is 0 Å². The van der Waals surface area contributed by atoms with Crippen LogP contribution in [0.15, 0.2) is 54.1 Å². The Balaban J connectivity index is 2.13. The number of aliphatic hydroxyl groups excluding tert-OH is 1. The van der Waals surface area contributed by atoms with Crippen LogP contribution in [0.1, 0.15) is 33.2 Å². The van der Waals surface area contributed by atoms with E-state index in [-0.39, 0.29) is 5.57 Å². The number of benzene rings is 2. The van der Waals surface area contributed by atoms with Gasteiger partial charge in [-0.2, -0.15) is 0 Å². The lowest BCUT2D eigenvalue weighted by molar-refractivity contribution is 0.101. The van der Waals surface area contributed by atoms with E-state index in [0.717, 1.165) is 5.56 Å². The highest BCUT2D eigenvalue weighted by Crippen LogP contribution is 2.40. The van der Waals surface area contributed by atoms with Gasteiger partial charge in [0, 0.05) is 11.1 Å². The number of aryl methyl sites for hydroxylation is 1. The van der Waals surface area contributed by atoms with Crippen molar-refractivity contribution in [1.82, 2.24) is 0 Å². The van der Waals surface area contributed by atoms with Gasteiger partial charge in [-0.1, -0.05) is 54.1 Å². The van der Waals surface area contributed by atoms with Gasteiger partial charge < -0.3 is 5.11 Å². The Morgan fingerprint density at radius 1 is 1.10 bits per heavy atom. The van der Waals surface area contributed by atoms with Crippen molar-refractivity contribution in [1.29, 1.82) is 0 Å². The summed E-state index contributed by atoms with van der Waals surface area (Å²) >= 11 is 0. The first-order chi connectivity index (χ1) is 9.59. The number of carbonyl (C=O) groups is 1. The molecule has 1 aliphatic carbocycles. The third-order valence-electron chi connectivity index (χ3n) is 3.56. The molecule has 20 heavy (non-hydrogen) atoms. The van der Waals surface area contributed by atoms with Crippen molar-refractivity contribution in [3.05, 3.63) is 76.4 Å². The summed E-state index contributed by atoms with van der Waals surface area (Å²) in [7, 11) is 0. The smallest absolute Gasteiger partial charge is 0.195 e. The van der Waals surface area contributed by atoms with Crippen molar-refractivity contribution < 1.29 is 14.3 Å². The number of Topliss-reactive ketones (excluding diaryl/α,β-unsaturated/α-hetero) is 1. The molecule has 0 spiro atoms. The molecule has 0 radical (unpaired) electrons. The summed E-state index contributed by atoms with van der Waals surface area (Å²) in [6.45, 7) is 1.90. The van der Waals surface area contributed by atoms with Gasteiger partial charge in [0.1, 0.15) is 11.9 Å². The van der Waals surface area contributed by atoms with Crippen molar-refractivity contribution in [3.63, 3.8) is 0 Å². The van der Waals surface area contributed by atoms with E-state index in [1.807, 2.05) is 6.92 Å². The predicted octanol–water partition coefficient (Wildman–Crippen LogP) is 3.61. The second-order valence-corrected chi connectivity index (χ2v) is 4.91. The molecule has 0 saturated carbocycles. The van der Waals surface area contributed by atoms with Crippen LogP contribution in [0.3, 0.4) is 0 Å². The summed E-state index contributed by atoms with van der Waals surface area (Å²) in [4.78, 5) is 12.2. The quantitative estimate of drug-likeness (QED) is 0.802. The monoisotopic (exact) mass is 268 g/mol. The standard InChI is InChI=1S/C17H13FO2/c1-10-6-8-11(9-7-10)15(18)14-16(19)12-4-2-3-5-13(12)17(14)20/h2-9,16,19H,1H3/b15-14+. The number of hydrogen-bond acceptors (Lipinski definition) is 2. The zero-order chi connectivity index (χ0) is 14.3. The van der Waals surface area contributed by atoms with E-state index < -0.39 is 17.7 Å². The van der Waals surface area contributed by atoms with E-state index in [4.69, 9.17) is 0 Å². The number of aliphatic hydroxyl groups is 1. The molecule has 0 aliphatic heterocycles. The van der Waals surface area contributed by atoms with E-state index in [0.29, 0.717) is 16.7 Å². The van der Waals surface area contributed by atoms with Crippen LogP contribution in [0.25, 0.3) is 5.83 Å². The minimum Gasteiger partial charge on any atom is -0.383 e. The Morgan fingerprint density at radius 3 is 2.40 bits per heavy atom. The molecule has 2 aromatic rings. The highest BCUT2D eigenvalue weighted by Gasteiger charge is 2.36. The maximum absolute atomic E-state index is 14.5. The van der Waals surface area contributed by atoms with E-state index >= 15 is 0 Å². The summed E-state index contributed by atoms with van der Waals surface area (Å²) in [5, 5.41) is 10.2. The molecular weight excluding hydrogens is 255 g/mol. The van der Waals surface area contributed by atoms with Crippen LogP contribution < -0.4 is 0 Å². The summed E-state index contributed by atoms with van der Waals surface area (Å²) < 4.78 is 14.5. The van der Waals surface area contributed by atoms with Crippen LogP contribution in [0, 0.1) is 6.92 Å². The van der Waals surface area contributed by atoms with Crippen LogP contribution in [0.2, 0.25) is 0 Å². The Bertz CT molecular complexity index is 714. The predicted molar refractivity (Wildman–Crippen MR) is 74.9 cm³/mol. The molecule has 100 valence electrons. The van der Waals surface area contributed by atoms with E-state index in [1.165, 1.54) is 0 Å². The van der Waals surface area contributed by atoms with Gasteiger partial charge in [0.15, 0.2) is 5.78 Å². The number of fused-ring (bicyclic) bond motifs is 1. The Morgan fingerprint density at radius 2 is 1.75 bits per heavy atom. The minimum atomic E-state index is -1.19. The van der Waals surface area contributed by atoms with Gasteiger partial charge in [-0.25, -0.2) is 4.39 Å². The Kier molecular flexibility index (Phi) is 2.99. The average Bonchev–Trinajstić information content (AvgIpc) is 2.72. The highest BCUT2D eigenvalue weighted by atomic mass is 19.1. The molecule has 2 aromatic carbocycles. The van der Waals surface area contributed by atoms with Crippen LogP contribution in [-0.4, -0.2) is 10.9 Å². The fraction of sp³-hybridized carbons (Fsp3) is 0.118. The van der Waals surface area contributed by atoms with Crippen molar-refractivity contribution in [2.24, 2.45) is 0 Å². The van der Waals surface area contributed by atoms with Gasteiger partial charge in [0.25, 0.3) is 0 Å². The zero-order valence-corrected chi connectivity index (χ0v) is 10.9. The number of ketones is 1. The van der Waals surface area contributed by atoms with Gasteiger partial charge >= 0.3 is 0 Å². The van der Waals surface area contributed by atoms with Crippen LogP contribution in [0.5, 0.6) is 0 Å². The molecule has 0 aromatic heterocycles. The fourth-order valence-corrected chi connectivity index (χ4v) is 2.44. The molecule has 0 bridgehead atoms. The minimum absolute atomic E-state index is 0.171. The number of halogens is 1. The molecule has 0 saturated heterocycles. The van der Waals surface area contributed by atoms with Crippen molar-refractivity contribution in [2.45, 2.75) is 13.0 Å². The summed E-state index contributed by atoms with van der Waals surface area (Å²) in [6.07, 6.45) is -1.19. The van der Waals surface area contributed by atoms with Crippen LogP contribution >= 0.6 is 0 Å². The van der Waals surface area contributed by atoms with Crippen molar-refractivity contribution >= 4 is 11.6 Å². The lowest BCUT2D eigenvalue weighted by Gasteiger charge is -2.07. The topological polar surface area (TPSA) is 37.3 Å². The third kappa shape index (κ3) is 1.87. The molecule has 1 unspecified atom stereocenters. The van der Waals surface area contributed by atoms with E-state index in [1.54, 1.807) is 48.5 Å². The lowest BCUT2D eigenvalue weighted by Crippen LogP contribution is -2.02. The normalized spacial score (nSPS) is 19.9. The SMILES string of the molecule is Cc1ccc(/C(F)=C2\C(=O)c3ccccc3C2O)cc1. The van der Waals surface area contributed by atoms with E-state index in [2.05, 4.69) is 0 Å². The summed E-state index contributed by atoms with van der Waals surface area (Å²) in [6, 6.07) is 13.5. The molecule has 0 amide bonds. The molecule has 0 fully saturated rings. The molecular formula is C17H13FO2. The first-order valence-corrected chi connectivity index (χ1v) is 6.38. The molecule has 1 atom stereocenters. The van der Waals surface area contributed by atoms with Gasteiger partial charge in [0.05, 0.1) is 5.57 Å². The average molecular weight is 268 g/mol.